The third-order valence-electron chi connectivity index (χ3n) is 5.09. The largest absolute Gasteiger partial charge is 0.497 e. The smallest absolute Gasteiger partial charge is 0.192 e. The summed E-state index contributed by atoms with van der Waals surface area (Å²) >= 11 is 0. The Labute approximate surface area is 176 Å². The summed E-state index contributed by atoms with van der Waals surface area (Å²) in [5, 5.41) is 7.03. The Hall–Kier alpha value is -3.41. The lowest BCUT2D eigenvalue weighted by Crippen LogP contribution is -2.41. The maximum Gasteiger partial charge on any atom is 0.192 e. The average Bonchev–Trinajstić information content (AvgIpc) is 3.31. The number of furan rings is 1. The predicted octanol–water partition coefficient (Wildman–Crippen LogP) is 4.09. The summed E-state index contributed by atoms with van der Waals surface area (Å²) in [5.41, 5.74) is 2.28. The lowest BCUT2D eigenvalue weighted by atomic mass is 10.0. The van der Waals surface area contributed by atoms with Crippen LogP contribution in [-0.2, 0) is 13.0 Å². The number of guanidine groups is 1. The minimum Gasteiger partial charge on any atom is -0.497 e. The average molecular weight is 405 g/mol. The van der Waals surface area contributed by atoms with Gasteiger partial charge in [0.15, 0.2) is 5.96 Å². The minimum absolute atomic E-state index is 0.153. The second-order valence-corrected chi connectivity index (χ2v) is 7.14. The van der Waals surface area contributed by atoms with Crippen LogP contribution < -0.4 is 20.1 Å². The van der Waals surface area contributed by atoms with Crippen LogP contribution in [0.3, 0.4) is 0 Å². The van der Waals surface area contributed by atoms with Crippen molar-refractivity contribution in [2.75, 3.05) is 20.3 Å². The molecule has 156 valence electrons. The molecule has 1 aliphatic rings. The Balaban J connectivity index is 1.46. The van der Waals surface area contributed by atoms with Gasteiger partial charge < -0.3 is 24.5 Å². The molecule has 6 nitrogen and oxygen atoms in total. The van der Waals surface area contributed by atoms with E-state index in [1.54, 1.807) is 13.4 Å². The van der Waals surface area contributed by atoms with E-state index in [0.717, 1.165) is 53.7 Å². The van der Waals surface area contributed by atoms with Crippen LogP contribution in [0.15, 0.2) is 76.3 Å². The summed E-state index contributed by atoms with van der Waals surface area (Å²) in [6.45, 7) is 1.99. The zero-order valence-corrected chi connectivity index (χ0v) is 17.1. The molecule has 1 unspecified atom stereocenters. The molecular formula is C24H27N3O3. The number of hydrogen-bond donors (Lipinski definition) is 2. The second kappa shape index (κ2) is 9.87. The SMILES string of the molecule is COc1ccc(CN=C(NCCc2ccco2)NC2CCOc3ccccc32)cc1. The van der Waals surface area contributed by atoms with Crippen LogP contribution in [0.4, 0.5) is 0 Å². The van der Waals surface area contributed by atoms with Gasteiger partial charge in [-0.05, 0) is 35.9 Å². The van der Waals surface area contributed by atoms with Gasteiger partial charge in [-0.15, -0.1) is 0 Å². The van der Waals surface area contributed by atoms with E-state index in [1.807, 2.05) is 54.6 Å². The molecule has 2 N–H and O–H groups in total. The fraction of sp³-hybridized carbons (Fsp3) is 0.292. The number of fused-ring (bicyclic) bond motifs is 1. The van der Waals surface area contributed by atoms with Gasteiger partial charge >= 0.3 is 0 Å². The van der Waals surface area contributed by atoms with Gasteiger partial charge in [-0.2, -0.15) is 0 Å². The van der Waals surface area contributed by atoms with Crippen molar-refractivity contribution in [1.82, 2.24) is 10.6 Å². The normalized spacial score (nSPS) is 15.8. The third kappa shape index (κ3) is 5.14. The first kappa shape index (κ1) is 19.9. The monoisotopic (exact) mass is 405 g/mol. The molecule has 1 aromatic heterocycles. The van der Waals surface area contributed by atoms with E-state index in [9.17, 15) is 0 Å². The molecule has 3 aromatic rings. The van der Waals surface area contributed by atoms with Crippen molar-refractivity contribution in [3.63, 3.8) is 0 Å². The van der Waals surface area contributed by atoms with Crippen LogP contribution in [0.1, 0.15) is 29.3 Å². The zero-order chi connectivity index (χ0) is 20.6. The van der Waals surface area contributed by atoms with Gasteiger partial charge in [0, 0.05) is 24.9 Å². The third-order valence-corrected chi connectivity index (χ3v) is 5.09. The number of para-hydroxylation sites is 1. The Morgan fingerprint density at radius 2 is 1.97 bits per heavy atom. The first-order valence-corrected chi connectivity index (χ1v) is 10.2. The fourth-order valence-corrected chi connectivity index (χ4v) is 3.47. The van der Waals surface area contributed by atoms with Crippen molar-refractivity contribution < 1.29 is 13.9 Å². The molecule has 0 spiro atoms. The Kier molecular flexibility index (Phi) is 6.54. The minimum atomic E-state index is 0.153. The number of benzene rings is 2. The quantitative estimate of drug-likeness (QED) is 0.458. The van der Waals surface area contributed by atoms with Gasteiger partial charge in [0.25, 0.3) is 0 Å². The second-order valence-electron chi connectivity index (χ2n) is 7.14. The van der Waals surface area contributed by atoms with E-state index in [2.05, 4.69) is 16.7 Å². The first-order chi connectivity index (χ1) is 14.8. The molecule has 0 bridgehead atoms. The molecule has 4 rings (SSSR count). The Morgan fingerprint density at radius 1 is 1.10 bits per heavy atom. The molecule has 0 radical (unpaired) electrons. The summed E-state index contributed by atoms with van der Waals surface area (Å²) in [6, 6.07) is 20.2. The molecule has 0 saturated heterocycles. The molecule has 0 amide bonds. The van der Waals surface area contributed by atoms with Crippen molar-refractivity contribution in [2.24, 2.45) is 4.99 Å². The lowest BCUT2D eigenvalue weighted by molar-refractivity contribution is 0.261. The highest BCUT2D eigenvalue weighted by Crippen LogP contribution is 2.31. The van der Waals surface area contributed by atoms with Gasteiger partial charge in [0.05, 0.1) is 32.6 Å². The van der Waals surface area contributed by atoms with E-state index in [-0.39, 0.29) is 6.04 Å². The van der Waals surface area contributed by atoms with Crippen LogP contribution in [0, 0.1) is 0 Å². The molecule has 0 aliphatic carbocycles. The number of rotatable bonds is 7. The highest BCUT2D eigenvalue weighted by molar-refractivity contribution is 5.80. The number of ether oxygens (including phenoxy) is 2. The van der Waals surface area contributed by atoms with Crippen LogP contribution in [-0.4, -0.2) is 26.2 Å². The van der Waals surface area contributed by atoms with Gasteiger partial charge in [-0.3, -0.25) is 0 Å². The van der Waals surface area contributed by atoms with Gasteiger partial charge in [-0.25, -0.2) is 4.99 Å². The molecule has 0 saturated carbocycles. The van der Waals surface area contributed by atoms with Crippen molar-refractivity contribution in [2.45, 2.75) is 25.4 Å². The number of nitrogens with zero attached hydrogens (tertiary/aromatic N) is 1. The van der Waals surface area contributed by atoms with Crippen LogP contribution in [0.5, 0.6) is 11.5 Å². The van der Waals surface area contributed by atoms with E-state index in [4.69, 9.17) is 18.9 Å². The number of hydrogen-bond acceptors (Lipinski definition) is 4. The predicted molar refractivity (Wildman–Crippen MR) is 117 cm³/mol. The molecule has 2 heterocycles. The van der Waals surface area contributed by atoms with Crippen molar-refractivity contribution >= 4 is 5.96 Å². The van der Waals surface area contributed by atoms with Gasteiger partial charge in [-0.1, -0.05) is 30.3 Å². The first-order valence-electron chi connectivity index (χ1n) is 10.2. The van der Waals surface area contributed by atoms with Gasteiger partial charge in [0.2, 0.25) is 0 Å². The van der Waals surface area contributed by atoms with E-state index in [0.29, 0.717) is 13.2 Å². The lowest BCUT2D eigenvalue weighted by Gasteiger charge is -2.28. The molecule has 30 heavy (non-hydrogen) atoms. The van der Waals surface area contributed by atoms with Gasteiger partial charge in [0.1, 0.15) is 17.3 Å². The summed E-state index contributed by atoms with van der Waals surface area (Å²) in [4.78, 5) is 4.82. The Bertz CT molecular complexity index is 952. The summed E-state index contributed by atoms with van der Waals surface area (Å²) in [7, 11) is 1.67. The highest BCUT2D eigenvalue weighted by atomic mass is 16.5. The topological polar surface area (TPSA) is 68.0 Å². The summed E-state index contributed by atoms with van der Waals surface area (Å²) in [5.74, 6) is 3.51. The maximum atomic E-state index is 5.79. The van der Waals surface area contributed by atoms with Crippen LogP contribution in [0.2, 0.25) is 0 Å². The molecule has 0 fully saturated rings. The van der Waals surface area contributed by atoms with E-state index < -0.39 is 0 Å². The number of methoxy groups -OCH3 is 1. The van der Waals surface area contributed by atoms with Crippen molar-refractivity contribution in [1.29, 1.82) is 0 Å². The number of aliphatic imine (C=N–C) groups is 1. The van der Waals surface area contributed by atoms with Crippen LogP contribution >= 0.6 is 0 Å². The molecular weight excluding hydrogens is 378 g/mol. The van der Waals surface area contributed by atoms with E-state index >= 15 is 0 Å². The van der Waals surface area contributed by atoms with Crippen LogP contribution in [0.25, 0.3) is 0 Å². The van der Waals surface area contributed by atoms with Crippen molar-refractivity contribution in [3.8, 4) is 11.5 Å². The standard InChI is InChI=1S/C24H27N3O3/c1-28-19-10-8-18(9-11-19)17-26-24(25-14-12-20-5-4-15-29-20)27-22-13-16-30-23-7-3-2-6-21(22)23/h2-11,15,22H,12-14,16-17H2,1H3,(H2,25,26,27). The zero-order valence-electron chi connectivity index (χ0n) is 17.1. The Morgan fingerprint density at radius 3 is 2.77 bits per heavy atom. The highest BCUT2D eigenvalue weighted by Gasteiger charge is 2.21. The molecule has 1 aliphatic heterocycles. The van der Waals surface area contributed by atoms with E-state index in [1.165, 1.54) is 0 Å². The summed E-state index contributed by atoms with van der Waals surface area (Å²) in [6.07, 6.45) is 3.38. The maximum absolute atomic E-state index is 5.79. The molecule has 6 heteroatoms. The number of nitrogens with one attached hydrogen (secondary N) is 2. The molecule has 1 atom stereocenters. The molecule has 2 aromatic carbocycles. The summed E-state index contributed by atoms with van der Waals surface area (Å²) < 4.78 is 16.5. The van der Waals surface area contributed by atoms with Crippen molar-refractivity contribution in [3.05, 3.63) is 83.8 Å². The fourth-order valence-electron chi connectivity index (χ4n) is 3.47.